The van der Waals surface area contributed by atoms with E-state index in [1.165, 1.54) is 11.7 Å². The van der Waals surface area contributed by atoms with Gasteiger partial charge in [-0.15, -0.1) is 0 Å². The fourth-order valence-corrected chi connectivity index (χ4v) is 4.87. The van der Waals surface area contributed by atoms with E-state index in [-0.39, 0.29) is 0 Å². The normalized spacial score (nSPS) is 10.9. The highest BCUT2D eigenvalue weighted by molar-refractivity contribution is 9.10. The van der Waals surface area contributed by atoms with E-state index < -0.39 is 0 Å². The molecule has 0 radical (unpaired) electrons. The van der Waals surface area contributed by atoms with Gasteiger partial charge < -0.3 is 14.4 Å². The standard InChI is InChI=1S/C26H20BrN3O2S/c1-31-21-11-7-19(8-12-21)30(20-9-13-22(32-2)14-10-20)18-5-3-17(4-6-18)23-15-16-24(27)26-25(23)28-33-29-26/h3-16H,1-2H3. The number of halogens is 1. The molecule has 33 heavy (non-hydrogen) atoms. The zero-order valence-corrected chi connectivity index (χ0v) is 20.4. The molecule has 164 valence electrons. The summed E-state index contributed by atoms with van der Waals surface area (Å²) in [6, 6.07) is 28.7. The Kier molecular flexibility index (Phi) is 5.98. The number of fused-ring (bicyclic) bond motifs is 1. The molecule has 7 heteroatoms. The highest BCUT2D eigenvalue weighted by Crippen LogP contribution is 2.38. The Morgan fingerprint density at radius 1 is 0.636 bits per heavy atom. The van der Waals surface area contributed by atoms with Crippen LogP contribution in [-0.4, -0.2) is 23.0 Å². The second-order valence-corrected chi connectivity index (χ2v) is 8.72. The van der Waals surface area contributed by atoms with Crippen molar-refractivity contribution in [2.45, 2.75) is 0 Å². The highest BCUT2D eigenvalue weighted by Gasteiger charge is 2.15. The number of anilines is 3. The third-order valence-corrected chi connectivity index (χ3v) is 6.63. The summed E-state index contributed by atoms with van der Waals surface area (Å²) in [4.78, 5) is 2.20. The lowest BCUT2D eigenvalue weighted by atomic mass is 10.0. The number of rotatable bonds is 6. The zero-order valence-electron chi connectivity index (χ0n) is 18.0. The molecule has 0 saturated carbocycles. The van der Waals surface area contributed by atoms with Crippen molar-refractivity contribution >= 4 is 55.8 Å². The lowest BCUT2D eigenvalue weighted by Crippen LogP contribution is -2.09. The predicted octanol–water partition coefficient (Wildman–Crippen LogP) is 7.61. The summed E-state index contributed by atoms with van der Waals surface area (Å²) in [5.41, 5.74) is 7.05. The molecule has 0 amide bonds. The summed E-state index contributed by atoms with van der Waals surface area (Å²) in [6.45, 7) is 0. The SMILES string of the molecule is COc1ccc(N(c2ccc(OC)cc2)c2ccc(-c3ccc(Br)c4nsnc34)cc2)cc1. The summed E-state index contributed by atoms with van der Waals surface area (Å²) in [7, 11) is 3.35. The maximum Gasteiger partial charge on any atom is 0.119 e. The van der Waals surface area contributed by atoms with E-state index >= 15 is 0 Å². The number of methoxy groups -OCH3 is 2. The van der Waals surface area contributed by atoms with Crippen molar-refractivity contribution in [3.05, 3.63) is 89.4 Å². The van der Waals surface area contributed by atoms with Gasteiger partial charge in [-0.25, -0.2) is 0 Å². The molecule has 4 aromatic carbocycles. The monoisotopic (exact) mass is 517 g/mol. The average Bonchev–Trinajstić information content (AvgIpc) is 3.37. The Morgan fingerprint density at radius 2 is 1.12 bits per heavy atom. The number of hydrogen-bond acceptors (Lipinski definition) is 6. The van der Waals surface area contributed by atoms with E-state index in [1.807, 2.05) is 30.3 Å². The van der Waals surface area contributed by atoms with Crippen LogP contribution < -0.4 is 14.4 Å². The van der Waals surface area contributed by atoms with Crippen LogP contribution >= 0.6 is 27.7 Å². The molecule has 0 unspecified atom stereocenters. The fourth-order valence-electron chi connectivity index (χ4n) is 3.77. The summed E-state index contributed by atoms with van der Waals surface area (Å²) < 4.78 is 20.6. The number of hydrogen-bond donors (Lipinski definition) is 0. The van der Waals surface area contributed by atoms with Gasteiger partial charge in [-0.05, 0) is 88.2 Å². The van der Waals surface area contributed by atoms with Crippen molar-refractivity contribution in [1.29, 1.82) is 0 Å². The van der Waals surface area contributed by atoms with Gasteiger partial charge in [0.2, 0.25) is 0 Å². The first-order chi connectivity index (χ1) is 16.2. The number of aromatic nitrogens is 2. The van der Waals surface area contributed by atoms with Crippen LogP contribution in [0.4, 0.5) is 17.1 Å². The number of ether oxygens (including phenoxy) is 2. The lowest BCUT2D eigenvalue weighted by molar-refractivity contribution is 0.415. The first-order valence-electron chi connectivity index (χ1n) is 10.3. The molecule has 0 aliphatic rings. The van der Waals surface area contributed by atoms with Crippen molar-refractivity contribution in [1.82, 2.24) is 8.75 Å². The van der Waals surface area contributed by atoms with E-state index in [0.29, 0.717) is 0 Å². The zero-order chi connectivity index (χ0) is 22.8. The van der Waals surface area contributed by atoms with Crippen molar-refractivity contribution in [3.8, 4) is 22.6 Å². The second kappa shape index (κ2) is 9.21. The number of benzene rings is 4. The minimum Gasteiger partial charge on any atom is -0.497 e. The Bertz CT molecular complexity index is 1340. The summed E-state index contributed by atoms with van der Waals surface area (Å²) in [5.74, 6) is 1.64. The van der Waals surface area contributed by atoms with Gasteiger partial charge in [0.15, 0.2) is 0 Å². The molecule has 0 aliphatic heterocycles. The average molecular weight is 518 g/mol. The first kappa shape index (κ1) is 21.4. The van der Waals surface area contributed by atoms with Gasteiger partial charge in [0.25, 0.3) is 0 Å². The molecule has 5 nitrogen and oxygen atoms in total. The maximum absolute atomic E-state index is 5.34. The van der Waals surface area contributed by atoms with Gasteiger partial charge in [0.1, 0.15) is 22.5 Å². The van der Waals surface area contributed by atoms with E-state index in [1.54, 1.807) is 14.2 Å². The van der Waals surface area contributed by atoms with E-state index in [4.69, 9.17) is 9.47 Å². The first-order valence-corrected chi connectivity index (χ1v) is 11.8. The smallest absolute Gasteiger partial charge is 0.119 e. The Labute approximate surface area is 204 Å². The fraction of sp³-hybridized carbons (Fsp3) is 0.0769. The third-order valence-electron chi connectivity index (χ3n) is 5.46. The van der Waals surface area contributed by atoms with Crippen molar-refractivity contribution in [3.63, 3.8) is 0 Å². The molecular weight excluding hydrogens is 498 g/mol. The van der Waals surface area contributed by atoms with Crippen molar-refractivity contribution < 1.29 is 9.47 Å². The minimum absolute atomic E-state index is 0.819. The van der Waals surface area contributed by atoms with Gasteiger partial charge >= 0.3 is 0 Å². The van der Waals surface area contributed by atoms with Crippen LogP contribution in [0, 0.1) is 0 Å². The van der Waals surface area contributed by atoms with Crippen molar-refractivity contribution in [2.75, 3.05) is 19.1 Å². The second-order valence-electron chi connectivity index (χ2n) is 7.33. The van der Waals surface area contributed by atoms with Crippen LogP contribution in [0.1, 0.15) is 0 Å². The van der Waals surface area contributed by atoms with Gasteiger partial charge in [-0.2, -0.15) is 8.75 Å². The molecule has 1 aromatic heterocycles. The molecule has 0 N–H and O–H groups in total. The van der Waals surface area contributed by atoms with Crippen LogP contribution in [0.15, 0.2) is 89.4 Å². The van der Waals surface area contributed by atoms with Gasteiger partial charge in [0, 0.05) is 27.1 Å². The van der Waals surface area contributed by atoms with Crippen LogP contribution in [-0.2, 0) is 0 Å². The molecule has 5 aromatic rings. The van der Waals surface area contributed by atoms with Crippen LogP contribution in [0.3, 0.4) is 0 Å². The molecule has 0 saturated heterocycles. The van der Waals surface area contributed by atoms with Gasteiger partial charge in [-0.1, -0.05) is 18.2 Å². The molecule has 0 fully saturated rings. The Balaban J connectivity index is 1.57. The lowest BCUT2D eigenvalue weighted by Gasteiger charge is -2.26. The predicted molar refractivity (Wildman–Crippen MR) is 138 cm³/mol. The summed E-state index contributed by atoms with van der Waals surface area (Å²) in [6.07, 6.45) is 0. The largest absolute Gasteiger partial charge is 0.497 e. The molecule has 0 aliphatic carbocycles. The third kappa shape index (κ3) is 4.17. The van der Waals surface area contributed by atoms with E-state index in [2.05, 4.69) is 84.2 Å². The number of nitrogens with zero attached hydrogens (tertiary/aromatic N) is 3. The van der Waals surface area contributed by atoms with Gasteiger partial charge in [0.05, 0.1) is 25.9 Å². The van der Waals surface area contributed by atoms with Crippen LogP contribution in [0.5, 0.6) is 11.5 Å². The van der Waals surface area contributed by atoms with E-state index in [9.17, 15) is 0 Å². The molecule has 0 spiro atoms. The summed E-state index contributed by atoms with van der Waals surface area (Å²) >= 11 is 4.79. The van der Waals surface area contributed by atoms with Crippen LogP contribution in [0.25, 0.3) is 22.2 Å². The van der Waals surface area contributed by atoms with Gasteiger partial charge in [-0.3, -0.25) is 0 Å². The quantitative estimate of drug-likeness (QED) is 0.232. The highest BCUT2D eigenvalue weighted by atomic mass is 79.9. The molecule has 0 atom stereocenters. The van der Waals surface area contributed by atoms with Crippen molar-refractivity contribution in [2.24, 2.45) is 0 Å². The molecule has 1 heterocycles. The Morgan fingerprint density at radius 3 is 1.64 bits per heavy atom. The Hall–Kier alpha value is -3.42. The molecular formula is C26H20BrN3O2S. The topological polar surface area (TPSA) is 47.5 Å². The van der Waals surface area contributed by atoms with E-state index in [0.717, 1.165) is 55.2 Å². The maximum atomic E-state index is 5.34. The van der Waals surface area contributed by atoms with Crippen LogP contribution in [0.2, 0.25) is 0 Å². The molecule has 5 rings (SSSR count). The minimum atomic E-state index is 0.819. The summed E-state index contributed by atoms with van der Waals surface area (Å²) in [5, 5.41) is 0. The molecule has 0 bridgehead atoms.